The Morgan fingerprint density at radius 2 is 1.56 bits per heavy atom. The van der Waals surface area contributed by atoms with Gasteiger partial charge in [0.2, 0.25) is 11.8 Å². The molecule has 2 N–H and O–H groups in total. The average Bonchev–Trinajstić information content (AvgIpc) is 2.72. The van der Waals surface area contributed by atoms with Crippen LogP contribution in [0.15, 0.2) is 47.6 Å². The number of carbonyl (C=O) groups is 2. The van der Waals surface area contributed by atoms with Gasteiger partial charge in [0.25, 0.3) is 17.1 Å². The molecule has 0 atom stereocenters. The number of nitrogens with one attached hydrogen (secondary N) is 2. The first-order valence-electron chi connectivity index (χ1n) is 8.85. The summed E-state index contributed by atoms with van der Waals surface area (Å²) in [5.41, 5.74) is 1.26. The number of nitro groups is 3. The number of hydrogen-bond acceptors (Lipinski definition) is 9. The normalized spacial score (nSPS) is 10.8. The van der Waals surface area contributed by atoms with E-state index in [0.29, 0.717) is 0 Å². The molecule has 2 rings (SSSR count). The minimum atomic E-state index is -0.831. The van der Waals surface area contributed by atoms with Crippen molar-refractivity contribution >= 4 is 40.3 Å². The molecule has 32 heavy (non-hydrogen) atoms. The van der Waals surface area contributed by atoms with Crippen molar-refractivity contribution in [3.8, 4) is 0 Å². The van der Waals surface area contributed by atoms with E-state index in [-0.39, 0.29) is 29.1 Å². The number of carbonyl (C=O) groups excluding carboxylic acids is 2. The van der Waals surface area contributed by atoms with Crippen molar-refractivity contribution < 1.29 is 24.4 Å². The highest BCUT2D eigenvalue weighted by Crippen LogP contribution is 2.25. The lowest BCUT2D eigenvalue weighted by atomic mass is 10.1. The summed E-state index contributed by atoms with van der Waals surface area (Å²) in [5, 5.41) is 38.8. The molecule has 0 saturated heterocycles. The second-order valence-corrected chi connectivity index (χ2v) is 6.42. The molecule has 2 aromatic carbocycles. The van der Waals surface area contributed by atoms with Gasteiger partial charge in [0.05, 0.1) is 33.7 Å². The number of nitrogens with zero attached hydrogens (tertiary/aromatic N) is 4. The second kappa shape index (κ2) is 10.3. The molecule has 0 aliphatic carbocycles. The van der Waals surface area contributed by atoms with E-state index in [1.165, 1.54) is 31.2 Å². The fraction of sp³-hybridized carbons (Fsp3) is 0.167. The summed E-state index contributed by atoms with van der Waals surface area (Å²) in [6.45, 7) is 1.45. The molecule has 0 unspecified atom stereocenters. The Kier molecular flexibility index (Phi) is 7.60. The summed E-state index contributed by atoms with van der Waals surface area (Å²) in [6.07, 6.45) is -0.703. The maximum atomic E-state index is 12.0. The van der Waals surface area contributed by atoms with Crippen LogP contribution < -0.4 is 10.7 Å². The SMILES string of the molecule is C/C(CC(=O)Nc1cccc([N+](=O)[O-])c1)=N/NC(=O)Cc1ccc([N+](=O)[O-])cc1[N+](=O)[O-]. The molecule has 0 saturated carbocycles. The maximum Gasteiger partial charge on any atom is 0.279 e. The third-order valence-corrected chi connectivity index (χ3v) is 3.96. The van der Waals surface area contributed by atoms with E-state index in [2.05, 4.69) is 15.8 Å². The molecule has 2 amide bonds. The van der Waals surface area contributed by atoms with Gasteiger partial charge in [-0.3, -0.25) is 39.9 Å². The molecular formula is C18H16N6O8. The molecule has 2 aromatic rings. The van der Waals surface area contributed by atoms with Gasteiger partial charge in [0, 0.05) is 35.2 Å². The van der Waals surface area contributed by atoms with E-state index in [0.717, 1.165) is 18.2 Å². The maximum absolute atomic E-state index is 12.0. The van der Waals surface area contributed by atoms with Crippen LogP contribution >= 0.6 is 0 Å². The standard InChI is InChI=1S/C18H16N6O8/c1-11(7-17(25)19-13-3-2-4-14(9-13)22(27)28)20-21-18(26)8-12-5-6-15(23(29)30)10-16(12)24(31)32/h2-6,9-10H,7-8H2,1H3,(H,19,25)(H,21,26)/b20-11-. The molecule has 166 valence electrons. The fourth-order valence-electron chi connectivity index (χ4n) is 2.53. The second-order valence-electron chi connectivity index (χ2n) is 6.42. The van der Waals surface area contributed by atoms with Crippen LogP contribution in [0.1, 0.15) is 18.9 Å². The van der Waals surface area contributed by atoms with Crippen molar-refractivity contribution in [3.63, 3.8) is 0 Å². The Bertz CT molecular complexity index is 1130. The van der Waals surface area contributed by atoms with Crippen molar-refractivity contribution in [3.05, 3.63) is 78.4 Å². The number of nitro benzene ring substituents is 3. The Labute approximate surface area is 179 Å². The Morgan fingerprint density at radius 3 is 2.19 bits per heavy atom. The highest BCUT2D eigenvalue weighted by Gasteiger charge is 2.21. The average molecular weight is 444 g/mol. The Morgan fingerprint density at radius 1 is 0.906 bits per heavy atom. The first-order chi connectivity index (χ1) is 15.1. The smallest absolute Gasteiger partial charge is 0.279 e. The van der Waals surface area contributed by atoms with Gasteiger partial charge in [-0.2, -0.15) is 5.10 Å². The van der Waals surface area contributed by atoms with E-state index in [4.69, 9.17) is 0 Å². The fourth-order valence-corrected chi connectivity index (χ4v) is 2.53. The zero-order chi connectivity index (χ0) is 23.8. The van der Waals surface area contributed by atoms with Crippen molar-refractivity contribution in [2.24, 2.45) is 5.10 Å². The van der Waals surface area contributed by atoms with E-state index in [9.17, 15) is 39.9 Å². The zero-order valence-electron chi connectivity index (χ0n) is 16.5. The summed E-state index contributed by atoms with van der Waals surface area (Å²) in [4.78, 5) is 54.5. The molecule has 0 heterocycles. The van der Waals surface area contributed by atoms with Gasteiger partial charge >= 0.3 is 0 Å². The molecule has 0 radical (unpaired) electrons. The van der Waals surface area contributed by atoms with Gasteiger partial charge in [-0.15, -0.1) is 0 Å². The third kappa shape index (κ3) is 6.65. The highest BCUT2D eigenvalue weighted by atomic mass is 16.6. The lowest BCUT2D eigenvalue weighted by Gasteiger charge is -2.06. The monoisotopic (exact) mass is 444 g/mol. The molecule has 0 spiro atoms. The molecule has 0 aliphatic rings. The Hall–Kier alpha value is -4.75. The van der Waals surface area contributed by atoms with Crippen LogP contribution in [0.4, 0.5) is 22.7 Å². The van der Waals surface area contributed by atoms with Crippen molar-refractivity contribution in [2.45, 2.75) is 19.8 Å². The van der Waals surface area contributed by atoms with Crippen molar-refractivity contribution in [1.29, 1.82) is 0 Å². The third-order valence-electron chi connectivity index (χ3n) is 3.96. The van der Waals surface area contributed by atoms with Crippen LogP contribution in [0.5, 0.6) is 0 Å². The lowest BCUT2D eigenvalue weighted by molar-refractivity contribution is -0.394. The predicted octanol–water partition coefficient (Wildman–Crippen LogP) is 2.47. The minimum Gasteiger partial charge on any atom is -0.326 e. The number of amides is 2. The number of hydrazone groups is 1. The van der Waals surface area contributed by atoms with Crippen LogP contribution in [0.25, 0.3) is 0 Å². The number of rotatable bonds is 9. The molecule has 0 aliphatic heterocycles. The van der Waals surface area contributed by atoms with Gasteiger partial charge in [-0.25, -0.2) is 5.43 Å². The molecule has 0 bridgehead atoms. The zero-order valence-corrected chi connectivity index (χ0v) is 16.5. The first kappa shape index (κ1) is 23.5. The van der Waals surface area contributed by atoms with E-state index in [1.54, 1.807) is 0 Å². The summed E-state index contributed by atoms with van der Waals surface area (Å²) in [6, 6.07) is 8.25. The number of benzene rings is 2. The Balaban J connectivity index is 1.96. The van der Waals surface area contributed by atoms with Gasteiger partial charge in [-0.1, -0.05) is 6.07 Å². The minimum absolute atomic E-state index is 0.0469. The van der Waals surface area contributed by atoms with Gasteiger partial charge < -0.3 is 5.32 Å². The van der Waals surface area contributed by atoms with E-state index in [1.807, 2.05) is 0 Å². The van der Waals surface area contributed by atoms with E-state index < -0.39 is 44.4 Å². The lowest BCUT2D eigenvalue weighted by Crippen LogP contribution is -2.23. The quantitative estimate of drug-likeness (QED) is 0.333. The molecular weight excluding hydrogens is 428 g/mol. The highest BCUT2D eigenvalue weighted by molar-refractivity contribution is 6.05. The summed E-state index contributed by atoms with van der Waals surface area (Å²) in [7, 11) is 0. The first-order valence-corrected chi connectivity index (χ1v) is 8.85. The number of hydrogen-bond donors (Lipinski definition) is 2. The molecule has 14 nitrogen and oxygen atoms in total. The van der Waals surface area contributed by atoms with Crippen LogP contribution in [0.2, 0.25) is 0 Å². The molecule has 14 heteroatoms. The number of non-ortho nitro benzene ring substituents is 2. The van der Waals surface area contributed by atoms with Crippen LogP contribution in [-0.4, -0.2) is 32.3 Å². The van der Waals surface area contributed by atoms with Crippen LogP contribution in [-0.2, 0) is 16.0 Å². The van der Waals surface area contributed by atoms with Gasteiger partial charge in [-0.05, 0) is 19.1 Å². The predicted molar refractivity (Wildman–Crippen MR) is 111 cm³/mol. The number of anilines is 1. The topological polar surface area (TPSA) is 200 Å². The van der Waals surface area contributed by atoms with Crippen molar-refractivity contribution in [1.82, 2.24) is 5.43 Å². The van der Waals surface area contributed by atoms with Crippen molar-refractivity contribution in [2.75, 3.05) is 5.32 Å². The van der Waals surface area contributed by atoms with Crippen LogP contribution in [0, 0.1) is 30.3 Å². The summed E-state index contributed by atoms with van der Waals surface area (Å²) < 4.78 is 0. The van der Waals surface area contributed by atoms with E-state index >= 15 is 0 Å². The largest absolute Gasteiger partial charge is 0.326 e. The van der Waals surface area contributed by atoms with Gasteiger partial charge in [0.1, 0.15) is 0 Å². The molecule has 0 fully saturated rings. The summed E-state index contributed by atoms with van der Waals surface area (Å²) in [5.74, 6) is -1.27. The van der Waals surface area contributed by atoms with Gasteiger partial charge in [0.15, 0.2) is 0 Å². The molecule has 0 aromatic heterocycles. The van der Waals surface area contributed by atoms with Crippen LogP contribution in [0.3, 0.4) is 0 Å². The summed E-state index contributed by atoms with van der Waals surface area (Å²) >= 11 is 0.